The van der Waals surface area contributed by atoms with E-state index in [-0.39, 0.29) is 17.7 Å². The van der Waals surface area contributed by atoms with Crippen LogP contribution in [0.1, 0.15) is 23.2 Å². The van der Waals surface area contributed by atoms with Gasteiger partial charge in [-0.3, -0.25) is 4.79 Å². The van der Waals surface area contributed by atoms with E-state index >= 15 is 0 Å². The summed E-state index contributed by atoms with van der Waals surface area (Å²) in [6.07, 6.45) is -2.41. The lowest BCUT2D eigenvalue weighted by Gasteiger charge is -2.11. The molecule has 2 rings (SSSR count). The highest BCUT2D eigenvalue weighted by atomic mass is 127. The molecule has 0 aliphatic heterocycles. The van der Waals surface area contributed by atoms with Crippen molar-refractivity contribution in [3.63, 3.8) is 0 Å². The van der Waals surface area contributed by atoms with Crippen molar-refractivity contribution < 1.29 is 22.7 Å². The number of rotatable bonds is 4. The second kappa shape index (κ2) is 5.56. The van der Waals surface area contributed by atoms with E-state index in [0.29, 0.717) is 9.13 Å². The molecule has 1 aliphatic carbocycles. The van der Waals surface area contributed by atoms with E-state index in [9.17, 15) is 18.0 Å². The average Bonchev–Trinajstić information content (AvgIpc) is 3.10. The Balaban J connectivity index is 2.01. The molecule has 0 saturated heterocycles. The summed E-state index contributed by atoms with van der Waals surface area (Å²) >= 11 is 1.85. The number of ether oxygens (including phenoxy) is 1. The molecule has 19 heavy (non-hydrogen) atoms. The molecule has 1 aliphatic rings. The van der Waals surface area contributed by atoms with Crippen LogP contribution in [0.3, 0.4) is 0 Å². The molecule has 0 heterocycles. The van der Waals surface area contributed by atoms with Gasteiger partial charge in [-0.1, -0.05) is 0 Å². The van der Waals surface area contributed by atoms with Crippen molar-refractivity contribution in [2.75, 3.05) is 6.61 Å². The van der Waals surface area contributed by atoms with Crippen LogP contribution in [0.25, 0.3) is 0 Å². The lowest BCUT2D eigenvalue weighted by Crippen LogP contribution is -2.25. The average molecular weight is 385 g/mol. The SMILES string of the molecule is O=C(NC1CC1)c1ccc(OCC(F)(F)F)c(I)c1. The van der Waals surface area contributed by atoms with Crippen LogP contribution in [0, 0.1) is 3.57 Å². The normalized spacial score (nSPS) is 15.2. The van der Waals surface area contributed by atoms with Crippen LogP contribution in [0.5, 0.6) is 5.75 Å². The Morgan fingerprint density at radius 1 is 1.42 bits per heavy atom. The molecule has 0 spiro atoms. The topological polar surface area (TPSA) is 38.3 Å². The van der Waals surface area contributed by atoms with Crippen LogP contribution >= 0.6 is 22.6 Å². The summed E-state index contributed by atoms with van der Waals surface area (Å²) in [5.41, 5.74) is 0.427. The number of carbonyl (C=O) groups is 1. The third-order valence-electron chi connectivity index (χ3n) is 2.50. The van der Waals surface area contributed by atoms with Gasteiger partial charge in [0.05, 0.1) is 3.57 Å². The summed E-state index contributed by atoms with van der Waals surface area (Å²) in [5.74, 6) is -0.0799. The number of nitrogens with one attached hydrogen (secondary N) is 1. The lowest BCUT2D eigenvalue weighted by atomic mass is 10.2. The summed E-state index contributed by atoms with van der Waals surface area (Å²) in [4.78, 5) is 11.7. The highest BCUT2D eigenvalue weighted by molar-refractivity contribution is 14.1. The molecule has 7 heteroatoms. The number of alkyl halides is 3. The van der Waals surface area contributed by atoms with Gasteiger partial charge in [-0.2, -0.15) is 13.2 Å². The van der Waals surface area contributed by atoms with Crippen LogP contribution in [-0.4, -0.2) is 24.7 Å². The predicted octanol–water partition coefficient (Wildman–Crippen LogP) is 3.12. The Hall–Kier alpha value is -0.990. The Labute approximate surface area is 121 Å². The molecule has 0 aromatic heterocycles. The van der Waals surface area contributed by atoms with Gasteiger partial charge in [0.25, 0.3) is 5.91 Å². The quantitative estimate of drug-likeness (QED) is 0.810. The maximum absolute atomic E-state index is 12.0. The molecule has 0 bridgehead atoms. The zero-order chi connectivity index (χ0) is 14.0. The van der Waals surface area contributed by atoms with Crippen LogP contribution in [-0.2, 0) is 0 Å². The maximum atomic E-state index is 12.0. The fourth-order valence-corrected chi connectivity index (χ4v) is 2.09. The zero-order valence-electron chi connectivity index (χ0n) is 9.76. The number of halogens is 4. The van der Waals surface area contributed by atoms with Gasteiger partial charge in [0.2, 0.25) is 0 Å². The van der Waals surface area contributed by atoms with Crippen molar-refractivity contribution in [2.45, 2.75) is 25.1 Å². The highest BCUT2D eigenvalue weighted by Gasteiger charge is 2.29. The first kappa shape index (κ1) is 14.4. The molecule has 104 valence electrons. The monoisotopic (exact) mass is 385 g/mol. The first-order chi connectivity index (χ1) is 8.85. The van der Waals surface area contributed by atoms with Crippen molar-refractivity contribution in [1.29, 1.82) is 0 Å². The number of benzene rings is 1. The Morgan fingerprint density at radius 2 is 2.11 bits per heavy atom. The molecule has 1 aromatic rings. The molecule has 1 amide bonds. The van der Waals surface area contributed by atoms with Crippen molar-refractivity contribution in [3.05, 3.63) is 27.3 Å². The third kappa shape index (κ3) is 4.55. The van der Waals surface area contributed by atoms with Crippen LogP contribution in [0.15, 0.2) is 18.2 Å². The van der Waals surface area contributed by atoms with E-state index in [1.54, 1.807) is 0 Å². The van der Waals surface area contributed by atoms with Crippen molar-refractivity contribution in [2.24, 2.45) is 0 Å². The van der Waals surface area contributed by atoms with Gasteiger partial charge in [-0.25, -0.2) is 0 Å². The molecule has 1 N–H and O–H groups in total. The summed E-state index contributed by atoms with van der Waals surface area (Å²) in [6.45, 7) is -1.34. The molecule has 1 aromatic carbocycles. The summed E-state index contributed by atoms with van der Waals surface area (Å²) in [7, 11) is 0. The van der Waals surface area contributed by atoms with Gasteiger partial charge in [0.1, 0.15) is 5.75 Å². The number of hydrogen-bond acceptors (Lipinski definition) is 2. The Bertz CT molecular complexity index is 486. The fourth-order valence-electron chi connectivity index (χ4n) is 1.42. The van der Waals surface area contributed by atoms with E-state index in [0.717, 1.165) is 12.8 Å². The van der Waals surface area contributed by atoms with Gasteiger partial charge >= 0.3 is 6.18 Å². The minimum atomic E-state index is -4.37. The van der Waals surface area contributed by atoms with Gasteiger partial charge < -0.3 is 10.1 Å². The first-order valence-electron chi connectivity index (χ1n) is 5.65. The van der Waals surface area contributed by atoms with Crippen molar-refractivity contribution >= 4 is 28.5 Å². The van der Waals surface area contributed by atoms with Gasteiger partial charge in [-0.15, -0.1) is 0 Å². The summed E-state index contributed by atoms with van der Waals surface area (Å²) in [5, 5.41) is 2.81. The van der Waals surface area contributed by atoms with E-state index in [1.807, 2.05) is 22.6 Å². The van der Waals surface area contributed by atoms with Crippen molar-refractivity contribution in [3.8, 4) is 5.75 Å². The fraction of sp³-hybridized carbons (Fsp3) is 0.417. The standard InChI is InChI=1S/C12H11F3INO2/c13-12(14,15)6-19-10-4-1-7(5-9(10)16)11(18)17-8-2-3-8/h1,4-5,8H,2-3,6H2,(H,17,18). The van der Waals surface area contributed by atoms with E-state index in [1.165, 1.54) is 18.2 Å². The van der Waals surface area contributed by atoms with Crippen LogP contribution < -0.4 is 10.1 Å². The van der Waals surface area contributed by atoms with E-state index in [2.05, 4.69) is 10.1 Å². The molecular weight excluding hydrogens is 374 g/mol. The molecule has 3 nitrogen and oxygen atoms in total. The second-order valence-electron chi connectivity index (χ2n) is 4.30. The van der Waals surface area contributed by atoms with Gasteiger partial charge in [0, 0.05) is 11.6 Å². The summed E-state index contributed by atoms with van der Waals surface area (Å²) in [6, 6.07) is 4.61. The lowest BCUT2D eigenvalue weighted by molar-refractivity contribution is -0.153. The van der Waals surface area contributed by atoms with E-state index < -0.39 is 12.8 Å². The number of carbonyl (C=O) groups excluding carboxylic acids is 1. The van der Waals surface area contributed by atoms with Gasteiger partial charge in [0.15, 0.2) is 6.61 Å². The second-order valence-corrected chi connectivity index (χ2v) is 5.46. The smallest absolute Gasteiger partial charge is 0.422 e. The molecule has 0 radical (unpaired) electrons. The first-order valence-corrected chi connectivity index (χ1v) is 6.73. The Morgan fingerprint density at radius 3 is 2.63 bits per heavy atom. The van der Waals surface area contributed by atoms with Gasteiger partial charge in [-0.05, 0) is 53.6 Å². The minimum absolute atomic E-state index is 0.126. The molecule has 1 saturated carbocycles. The maximum Gasteiger partial charge on any atom is 0.422 e. The number of amides is 1. The molecule has 0 unspecified atom stereocenters. The molecule has 1 fully saturated rings. The third-order valence-corrected chi connectivity index (χ3v) is 3.34. The number of hydrogen-bond donors (Lipinski definition) is 1. The van der Waals surface area contributed by atoms with Crippen molar-refractivity contribution in [1.82, 2.24) is 5.32 Å². The zero-order valence-corrected chi connectivity index (χ0v) is 11.9. The Kier molecular flexibility index (Phi) is 4.22. The predicted molar refractivity (Wildman–Crippen MR) is 71.2 cm³/mol. The van der Waals surface area contributed by atoms with Crippen LogP contribution in [0.2, 0.25) is 0 Å². The minimum Gasteiger partial charge on any atom is -0.483 e. The van der Waals surface area contributed by atoms with E-state index in [4.69, 9.17) is 0 Å². The largest absolute Gasteiger partial charge is 0.483 e. The highest BCUT2D eigenvalue weighted by Crippen LogP contribution is 2.25. The van der Waals surface area contributed by atoms with Crippen LogP contribution in [0.4, 0.5) is 13.2 Å². The molecule has 0 atom stereocenters. The molecular formula is C12H11F3INO2. The summed E-state index contributed by atoms with van der Waals surface area (Å²) < 4.78 is 41.3.